The van der Waals surface area contributed by atoms with Gasteiger partial charge >= 0.3 is 6.18 Å². The van der Waals surface area contributed by atoms with Gasteiger partial charge in [0, 0.05) is 0 Å². The lowest BCUT2D eigenvalue weighted by atomic mass is 10.3. The van der Waals surface area contributed by atoms with E-state index in [0.29, 0.717) is 5.84 Å². The summed E-state index contributed by atoms with van der Waals surface area (Å²) in [5.74, 6) is 0.309. The molecule has 3 nitrogen and oxygen atoms in total. The molecule has 0 amide bonds. The highest BCUT2D eigenvalue weighted by Gasteiger charge is 2.41. The molecule has 0 aromatic heterocycles. The molecule has 1 aliphatic heterocycles. The molecule has 2 N–H and O–H groups in total. The number of halogens is 3. The minimum absolute atomic E-state index is 0.309. The summed E-state index contributed by atoms with van der Waals surface area (Å²) in [6.07, 6.45) is -6.47. The van der Waals surface area contributed by atoms with Crippen molar-refractivity contribution < 1.29 is 13.2 Å². The fraction of sp³-hybridized carbons (Fsp3) is 0.833. The monoisotopic (exact) mass is 181 g/mol. The first-order chi connectivity index (χ1) is 5.39. The van der Waals surface area contributed by atoms with Gasteiger partial charge in [-0.2, -0.15) is 13.2 Å². The molecule has 1 heterocycles. The van der Waals surface area contributed by atoms with Crippen molar-refractivity contribution in [1.29, 1.82) is 0 Å². The van der Waals surface area contributed by atoms with E-state index in [2.05, 4.69) is 15.6 Å². The van der Waals surface area contributed by atoms with Crippen LogP contribution >= 0.6 is 0 Å². The molecule has 0 saturated heterocycles. The van der Waals surface area contributed by atoms with Crippen molar-refractivity contribution in [1.82, 2.24) is 10.6 Å². The zero-order chi connectivity index (χ0) is 9.35. The van der Waals surface area contributed by atoms with Crippen molar-refractivity contribution in [2.75, 3.05) is 0 Å². The van der Waals surface area contributed by atoms with Gasteiger partial charge in [-0.25, -0.2) is 4.99 Å². The van der Waals surface area contributed by atoms with Crippen LogP contribution in [0.3, 0.4) is 0 Å². The third kappa shape index (κ3) is 2.10. The van der Waals surface area contributed by atoms with Gasteiger partial charge in [0.15, 0.2) is 6.17 Å². The summed E-state index contributed by atoms with van der Waals surface area (Å²) in [7, 11) is 0. The van der Waals surface area contributed by atoms with Crippen LogP contribution in [0.5, 0.6) is 0 Å². The number of amidine groups is 1. The second-order valence-electron chi connectivity index (χ2n) is 2.69. The molecule has 0 aromatic rings. The third-order valence-electron chi connectivity index (χ3n) is 1.47. The van der Waals surface area contributed by atoms with E-state index in [9.17, 15) is 13.2 Å². The number of alkyl halides is 3. The Balaban J connectivity index is 2.73. The van der Waals surface area contributed by atoms with Crippen molar-refractivity contribution in [3.8, 4) is 0 Å². The van der Waals surface area contributed by atoms with Crippen LogP contribution < -0.4 is 10.6 Å². The Morgan fingerprint density at radius 2 is 2.00 bits per heavy atom. The summed E-state index contributed by atoms with van der Waals surface area (Å²) in [5.41, 5.74) is 0. The highest BCUT2D eigenvalue weighted by Crippen LogP contribution is 2.22. The van der Waals surface area contributed by atoms with Crippen molar-refractivity contribution >= 4 is 5.84 Å². The second kappa shape index (κ2) is 2.93. The number of hydrogen-bond donors (Lipinski definition) is 2. The SMILES string of the molecule is CC1=NC(C(F)(F)F)NC(C)N1. The van der Waals surface area contributed by atoms with E-state index in [0.717, 1.165) is 0 Å². The number of hydrogen-bond acceptors (Lipinski definition) is 3. The topological polar surface area (TPSA) is 36.4 Å². The Hall–Kier alpha value is -0.780. The lowest BCUT2D eigenvalue weighted by molar-refractivity contribution is -0.156. The molecule has 12 heavy (non-hydrogen) atoms. The fourth-order valence-corrected chi connectivity index (χ4v) is 1.03. The summed E-state index contributed by atoms with van der Waals surface area (Å²) in [6.45, 7) is 3.12. The molecular weight excluding hydrogens is 171 g/mol. The standard InChI is InChI=1S/C6H10F3N3/c1-3-10-4(2)12-5(11-3)6(7,8)9/h3,5,11H,1-2H3,(H,10,12). The van der Waals surface area contributed by atoms with Crippen LogP contribution in [0.15, 0.2) is 4.99 Å². The summed E-state index contributed by atoms with van der Waals surface area (Å²) >= 11 is 0. The molecule has 1 aliphatic rings. The van der Waals surface area contributed by atoms with E-state index in [4.69, 9.17) is 0 Å². The molecule has 0 radical (unpaired) electrons. The maximum absolute atomic E-state index is 12.1. The van der Waals surface area contributed by atoms with Crippen LogP contribution in [0.1, 0.15) is 13.8 Å². The smallest absolute Gasteiger partial charge is 0.359 e. The lowest BCUT2D eigenvalue weighted by Gasteiger charge is -2.28. The first kappa shape index (κ1) is 9.31. The molecule has 1 rings (SSSR count). The van der Waals surface area contributed by atoms with Gasteiger partial charge in [0.05, 0.1) is 12.0 Å². The molecule has 70 valence electrons. The molecule has 0 saturated carbocycles. The van der Waals surface area contributed by atoms with Crippen molar-refractivity contribution in [3.05, 3.63) is 0 Å². The second-order valence-corrected chi connectivity index (χ2v) is 2.69. The van der Waals surface area contributed by atoms with Gasteiger partial charge in [-0.15, -0.1) is 0 Å². The highest BCUT2D eigenvalue weighted by atomic mass is 19.4. The Morgan fingerprint density at radius 3 is 2.42 bits per heavy atom. The quantitative estimate of drug-likeness (QED) is 0.580. The Kier molecular flexibility index (Phi) is 2.27. The number of rotatable bonds is 0. The van der Waals surface area contributed by atoms with Gasteiger partial charge in [0.25, 0.3) is 0 Å². The van der Waals surface area contributed by atoms with Gasteiger partial charge in [-0.1, -0.05) is 0 Å². The minimum atomic E-state index is -4.31. The lowest BCUT2D eigenvalue weighted by Crippen LogP contribution is -2.56. The molecule has 0 spiro atoms. The molecule has 6 heteroatoms. The van der Waals surface area contributed by atoms with Crippen LogP contribution in [0, 0.1) is 0 Å². The Bertz CT molecular complexity index is 199. The maximum Gasteiger partial charge on any atom is 0.424 e. The Labute approximate surface area is 68.0 Å². The summed E-state index contributed by atoms with van der Waals surface area (Å²) in [6, 6.07) is 0. The zero-order valence-corrected chi connectivity index (χ0v) is 6.74. The molecular formula is C6H10F3N3. The van der Waals surface area contributed by atoms with Crippen LogP contribution in [0.2, 0.25) is 0 Å². The van der Waals surface area contributed by atoms with E-state index in [1.54, 1.807) is 6.92 Å². The largest absolute Gasteiger partial charge is 0.424 e. The Morgan fingerprint density at radius 1 is 1.42 bits per heavy atom. The first-order valence-electron chi connectivity index (χ1n) is 3.53. The predicted molar refractivity (Wildman–Crippen MR) is 38.7 cm³/mol. The van der Waals surface area contributed by atoms with E-state index in [-0.39, 0.29) is 0 Å². The predicted octanol–water partition coefficient (Wildman–Crippen LogP) is 0.832. The van der Waals surface area contributed by atoms with E-state index < -0.39 is 18.5 Å². The number of aliphatic imine (C=N–C) groups is 1. The molecule has 0 aliphatic carbocycles. The fourth-order valence-electron chi connectivity index (χ4n) is 1.03. The summed E-state index contributed by atoms with van der Waals surface area (Å²) < 4.78 is 36.3. The summed E-state index contributed by atoms with van der Waals surface area (Å²) in [4.78, 5) is 3.37. The summed E-state index contributed by atoms with van der Waals surface area (Å²) in [5, 5.41) is 4.98. The van der Waals surface area contributed by atoms with Crippen molar-refractivity contribution in [2.24, 2.45) is 4.99 Å². The normalized spacial score (nSPS) is 30.9. The van der Waals surface area contributed by atoms with Crippen LogP contribution in [-0.4, -0.2) is 24.3 Å². The third-order valence-corrected chi connectivity index (χ3v) is 1.47. The van der Waals surface area contributed by atoms with Crippen LogP contribution in [0.4, 0.5) is 13.2 Å². The van der Waals surface area contributed by atoms with Gasteiger partial charge in [0.1, 0.15) is 0 Å². The first-order valence-corrected chi connectivity index (χ1v) is 3.53. The van der Waals surface area contributed by atoms with Crippen LogP contribution in [-0.2, 0) is 0 Å². The van der Waals surface area contributed by atoms with Crippen molar-refractivity contribution in [3.63, 3.8) is 0 Å². The van der Waals surface area contributed by atoms with Gasteiger partial charge in [0.2, 0.25) is 0 Å². The van der Waals surface area contributed by atoms with E-state index >= 15 is 0 Å². The van der Waals surface area contributed by atoms with E-state index in [1.165, 1.54) is 6.92 Å². The molecule has 0 fully saturated rings. The molecule has 0 aromatic carbocycles. The molecule has 2 unspecified atom stereocenters. The van der Waals surface area contributed by atoms with Gasteiger partial charge in [-0.3, -0.25) is 5.32 Å². The van der Waals surface area contributed by atoms with Crippen LogP contribution in [0.25, 0.3) is 0 Å². The highest BCUT2D eigenvalue weighted by molar-refractivity contribution is 5.80. The molecule has 2 atom stereocenters. The van der Waals surface area contributed by atoms with Gasteiger partial charge < -0.3 is 5.32 Å². The van der Waals surface area contributed by atoms with Gasteiger partial charge in [-0.05, 0) is 13.8 Å². The zero-order valence-electron chi connectivity index (χ0n) is 6.74. The molecule has 0 bridgehead atoms. The van der Waals surface area contributed by atoms with Crippen molar-refractivity contribution in [2.45, 2.75) is 32.4 Å². The number of nitrogens with zero attached hydrogens (tertiary/aromatic N) is 1. The number of nitrogens with one attached hydrogen (secondary N) is 2. The maximum atomic E-state index is 12.1. The average Bonchev–Trinajstić information content (AvgIpc) is 1.82. The minimum Gasteiger partial charge on any atom is -0.359 e. The van der Waals surface area contributed by atoms with E-state index in [1.807, 2.05) is 0 Å². The average molecular weight is 181 g/mol.